The maximum absolute atomic E-state index is 12.0. The SMILES string of the molecule is O=C(O)C1CCN(C(=O)c2cccc(Cl)n2)C1. The molecular formula is C11H11ClN2O3. The van der Waals surface area contributed by atoms with Crippen LogP contribution >= 0.6 is 11.6 Å². The maximum Gasteiger partial charge on any atom is 0.308 e. The zero-order valence-corrected chi connectivity index (χ0v) is 9.72. The molecule has 1 N–H and O–H groups in total. The molecule has 17 heavy (non-hydrogen) atoms. The third-order valence-electron chi connectivity index (χ3n) is 2.76. The molecule has 1 aromatic heterocycles. The van der Waals surface area contributed by atoms with Crippen LogP contribution in [0.25, 0.3) is 0 Å². The molecule has 90 valence electrons. The number of hydrogen-bond donors (Lipinski definition) is 1. The molecule has 1 aliphatic heterocycles. The topological polar surface area (TPSA) is 70.5 Å². The smallest absolute Gasteiger partial charge is 0.308 e. The lowest BCUT2D eigenvalue weighted by atomic mass is 10.1. The summed E-state index contributed by atoms with van der Waals surface area (Å²) in [6, 6.07) is 4.80. The molecule has 0 aliphatic carbocycles. The number of hydrogen-bond acceptors (Lipinski definition) is 3. The highest BCUT2D eigenvalue weighted by molar-refractivity contribution is 6.29. The summed E-state index contributed by atoms with van der Waals surface area (Å²) in [6.07, 6.45) is 0.488. The summed E-state index contributed by atoms with van der Waals surface area (Å²) in [5, 5.41) is 9.11. The molecule has 0 bridgehead atoms. The first-order valence-corrected chi connectivity index (χ1v) is 5.60. The molecule has 2 rings (SSSR count). The second-order valence-corrected chi connectivity index (χ2v) is 4.31. The zero-order chi connectivity index (χ0) is 12.4. The zero-order valence-electron chi connectivity index (χ0n) is 8.97. The summed E-state index contributed by atoms with van der Waals surface area (Å²) in [7, 11) is 0. The van der Waals surface area contributed by atoms with E-state index in [0.29, 0.717) is 13.0 Å². The van der Waals surface area contributed by atoms with Gasteiger partial charge in [-0.15, -0.1) is 0 Å². The standard InChI is InChI=1S/C11H11ClN2O3/c12-9-3-1-2-8(13-9)10(15)14-5-4-7(6-14)11(16)17/h1-3,7H,4-6H2,(H,16,17). The van der Waals surface area contributed by atoms with Gasteiger partial charge in [-0.1, -0.05) is 17.7 Å². The van der Waals surface area contributed by atoms with E-state index < -0.39 is 11.9 Å². The van der Waals surface area contributed by atoms with Crippen molar-refractivity contribution in [2.45, 2.75) is 6.42 Å². The molecule has 6 heteroatoms. The molecule has 1 saturated heterocycles. The number of carboxylic acid groups (broad SMARTS) is 1. The van der Waals surface area contributed by atoms with E-state index in [9.17, 15) is 9.59 Å². The van der Waals surface area contributed by atoms with Crippen LogP contribution in [0.2, 0.25) is 5.15 Å². The number of rotatable bonds is 2. The van der Waals surface area contributed by atoms with Gasteiger partial charge in [-0.2, -0.15) is 0 Å². The van der Waals surface area contributed by atoms with Crippen LogP contribution in [0.5, 0.6) is 0 Å². The number of carbonyl (C=O) groups excluding carboxylic acids is 1. The van der Waals surface area contributed by atoms with Crippen LogP contribution in [-0.2, 0) is 4.79 Å². The van der Waals surface area contributed by atoms with Crippen molar-refractivity contribution in [2.24, 2.45) is 5.92 Å². The molecule has 1 fully saturated rings. The Morgan fingerprint density at radius 1 is 1.47 bits per heavy atom. The van der Waals surface area contributed by atoms with E-state index in [-0.39, 0.29) is 23.3 Å². The van der Waals surface area contributed by atoms with Gasteiger partial charge in [-0.25, -0.2) is 4.98 Å². The van der Waals surface area contributed by atoms with Crippen LogP contribution < -0.4 is 0 Å². The van der Waals surface area contributed by atoms with Gasteiger partial charge in [0.05, 0.1) is 5.92 Å². The van der Waals surface area contributed by atoms with Crippen LogP contribution in [0.1, 0.15) is 16.9 Å². The van der Waals surface area contributed by atoms with Gasteiger partial charge in [0.2, 0.25) is 0 Å². The molecule has 0 aromatic carbocycles. The summed E-state index contributed by atoms with van der Waals surface area (Å²) < 4.78 is 0. The van der Waals surface area contributed by atoms with Crippen molar-refractivity contribution in [1.82, 2.24) is 9.88 Å². The van der Waals surface area contributed by atoms with Gasteiger partial charge in [0.25, 0.3) is 5.91 Å². The number of carbonyl (C=O) groups is 2. The number of aromatic nitrogens is 1. The Morgan fingerprint density at radius 2 is 2.24 bits per heavy atom. The fraction of sp³-hybridized carbons (Fsp3) is 0.364. The van der Waals surface area contributed by atoms with Crippen molar-refractivity contribution in [1.29, 1.82) is 0 Å². The molecule has 1 amide bonds. The molecule has 0 spiro atoms. The van der Waals surface area contributed by atoms with E-state index in [1.165, 1.54) is 4.90 Å². The first kappa shape index (κ1) is 11.9. The molecular weight excluding hydrogens is 244 g/mol. The van der Waals surface area contributed by atoms with Crippen molar-refractivity contribution in [3.05, 3.63) is 29.0 Å². The Morgan fingerprint density at radius 3 is 2.82 bits per heavy atom. The maximum atomic E-state index is 12.0. The van der Waals surface area contributed by atoms with E-state index in [4.69, 9.17) is 16.7 Å². The third kappa shape index (κ3) is 2.55. The highest BCUT2D eigenvalue weighted by Crippen LogP contribution is 2.18. The van der Waals surface area contributed by atoms with Crippen molar-refractivity contribution in [3.63, 3.8) is 0 Å². The van der Waals surface area contributed by atoms with E-state index in [1.54, 1.807) is 18.2 Å². The van der Waals surface area contributed by atoms with Crippen LogP contribution in [-0.4, -0.2) is 40.0 Å². The average molecular weight is 255 g/mol. The summed E-state index contributed by atoms with van der Waals surface area (Å²) in [4.78, 5) is 28.2. The van der Waals surface area contributed by atoms with Crippen molar-refractivity contribution >= 4 is 23.5 Å². The van der Waals surface area contributed by atoms with Crippen LogP contribution in [0.4, 0.5) is 0 Å². The predicted octanol–water partition coefficient (Wildman–Crippen LogP) is 1.28. The quantitative estimate of drug-likeness (QED) is 0.807. The predicted molar refractivity (Wildman–Crippen MR) is 60.9 cm³/mol. The minimum Gasteiger partial charge on any atom is -0.481 e. The number of aliphatic carboxylic acids is 1. The third-order valence-corrected chi connectivity index (χ3v) is 2.97. The molecule has 1 unspecified atom stereocenters. The first-order chi connectivity index (χ1) is 8.08. The lowest BCUT2D eigenvalue weighted by Crippen LogP contribution is -2.30. The summed E-state index contributed by atoms with van der Waals surface area (Å²) in [5.41, 5.74) is 0.253. The second-order valence-electron chi connectivity index (χ2n) is 3.92. The summed E-state index contributed by atoms with van der Waals surface area (Å²) in [6.45, 7) is 0.687. The lowest BCUT2D eigenvalue weighted by molar-refractivity contribution is -0.141. The van der Waals surface area contributed by atoms with Crippen LogP contribution in [0.3, 0.4) is 0 Å². The highest BCUT2D eigenvalue weighted by Gasteiger charge is 2.31. The van der Waals surface area contributed by atoms with Gasteiger partial charge >= 0.3 is 5.97 Å². The molecule has 2 heterocycles. The fourth-order valence-corrected chi connectivity index (χ4v) is 2.00. The first-order valence-electron chi connectivity index (χ1n) is 5.22. The Hall–Kier alpha value is -1.62. The number of likely N-dealkylation sites (tertiary alicyclic amines) is 1. The van der Waals surface area contributed by atoms with E-state index in [2.05, 4.69) is 4.98 Å². The lowest BCUT2D eigenvalue weighted by Gasteiger charge is -2.14. The Balaban J connectivity index is 2.09. The van der Waals surface area contributed by atoms with Crippen molar-refractivity contribution < 1.29 is 14.7 Å². The summed E-state index contributed by atoms with van der Waals surface area (Å²) in [5.74, 6) is -1.60. The van der Waals surface area contributed by atoms with E-state index >= 15 is 0 Å². The molecule has 0 saturated carbocycles. The fourth-order valence-electron chi connectivity index (χ4n) is 1.84. The van der Waals surface area contributed by atoms with Gasteiger partial charge in [-0.05, 0) is 18.6 Å². The number of carboxylic acids is 1. The van der Waals surface area contributed by atoms with Crippen LogP contribution in [0.15, 0.2) is 18.2 Å². The van der Waals surface area contributed by atoms with E-state index in [1.807, 2.05) is 0 Å². The van der Waals surface area contributed by atoms with E-state index in [0.717, 1.165) is 0 Å². The molecule has 1 aromatic rings. The Kier molecular flexibility index (Phi) is 3.28. The molecule has 1 atom stereocenters. The van der Waals surface area contributed by atoms with Gasteiger partial charge < -0.3 is 10.0 Å². The monoisotopic (exact) mass is 254 g/mol. The Bertz CT molecular complexity index is 464. The second kappa shape index (κ2) is 4.71. The van der Waals surface area contributed by atoms with Gasteiger partial charge in [0.1, 0.15) is 10.8 Å². The summed E-state index contributed by atoms with van der Waals surface area (Å²) >= 11 is 5.70. The molecule has 5 nitrogen and oxygen atoms in total. The molecule has 0 radical (unpaired) electrons. The average Bonchev–Trinajstić information content (AvgIpc) is 2.77. The number of pyridine rings is 1. The van der Waals surface area contributed by atoms with Crippen molar-refractivity contribution in [2.75, 3.05) is 13.1 Å². The number of nitrogens with zero attached hydrogens (tertiary/aromatic N) is 2. The number of halogens is 1. The van der Waals surface area contributed by atoms with Gasteiger partial charge in [0.15, 0.2) is 0 Å². The minimum absolute atomic E-state index is 0.238. The Labute approximate surface area is 103 Å². The van der Waals surface area contributed by atoms with Crippen molar-refractivity contribution in [3.8, 4) is 0 Å². The normalized spacial score (nSPS) is 19.4. The molecule has 1 aliphatic rings. The van der Waals surface area contributed by atoms with Crippen LogP contribution in [0, 0.1) is 5.92 Å². The number of amides is 1. The largest absolute Gasteiger partial charge is 0.481 e. The van der Waals surface area contributed by atoms with Gasteiger partial charge in [-0.3, -0.25) is 9.59 Å². The highest BCUT2D eigenvalue weighted by atomic mass is 35.5. The van der Waals surface area contributed by atoms with Gasteiger partial charge in [0, 0.05) is 13.1 Å². The minimum atomic E-state index is -0.862.